The van der Waals surface area contributed by atoms with Crippen LogP contribution in [0.2, 0.25) is 0 Å². The van der Waals surface area contributed by atoms with Crippen molar-refractivity contribution in [2.45, 2.75) is 149 Å². The Labute approximate surface area is 270 Å². The second kappa shape index (κ2) is 16.2. The largest absolute Gasteiger partial charge is 0.450 e. The molecule has 0 spiro atoms. The zero-order valence-corrected chi connectivity index (χ0v) is 28.5. The molecule has 0 aromatic rings. The number of esters is 1. The van der Waals surface area contributed by atoms with Gasteiger partial charge in [-0.2, -0.15) is 0 Å². The number of allylic oxidation sites excluding steroid dienone is 1. The molecule has 0 saturated heterocycles. The third kappa shape index (κ3) is 8.57. The summed E-state index contributed by atoms with van der Waals surface area (Å²) in [5.74, 6) is 4.30. The maximum absolute atomic E-state index is 10.9. The molecular weight excluding hydrogens is 576 g/mol. The van der Waals surface area contributed by atoms with Gasteiger partial charge in [0.1, 0.15) is 24.4 Å². The Balaban J connectivity index is 0.000000281. The van der Waals surface area contributed by atoms with E-state index in [0.29, 0.717) is 10.8 Å². The van der Waals surface area contributed by atoms with Crippen molar-refractivity contribution in [3.63, 3.8) is 0 Å². The van der Waals surface area contributed by atoms with E-state index in [9.17, 15) is 24.9 Å². The van der Waals surface area contributed by atoms with E-state index in [-0.39, 0.29) is 12.4 Å². The highest BCUT2D eigenvalue weighted by atomic mass is 16.6. The molecule has 13 atom stereocenters. The lowest BCUT2D eigenvalue weighted by Crippen LogP contribution is -2.50. The lowest BCUT2D eigenvalue weighted by Gasteiger charge is -2.58. The van der Waals surface area contributed by atoms with Gasteiger partial charge in [0.25, 0.3) is 0 Å². The van der Waals surface area contributed by atoms with Gasteiger partial charge in [-0.3, -0.25) is 4.79 Å². The van der Waals surface area contributed by atoms with Crippen LogP contribution in [-0.2, 0) is 14.3 Å². The molecule has 0 amide bonds. The number of aldehydes is 1. The molecule has 1 unspecified atom stereocenters. The maximum atomic E-state index is 10.9. The van der Waals surface area contributed by atoms with E-state index in [2.05, 4.69) is 45.4 Å². The summed E-state index contributed by atoms with van der Waals surface area (Å²) in [5.41, 5.74) is 2.60. The highest BCUT2D eigenvalue weighted by Gasteiger charge is 2.59. The number of ether oxygens (including phenoxy) is 1. The Hall–Kier alpha value is -1.36. The maximum Gasteiger partial charge on any atom is 0.335 e. The molecule has 9 nitrogen and oxygen atoms in total. The number of rotatable bonds is 12. The smallest absolute Gasteiger partial charge is 0.335 e. The van der Waals surface area contributed by atoms with Crippen LogP contribution in [0.1, 0.15) is 112 Å². The number of aliphatic hydroxyl groups excluding tert-OH is 6. The lowest BCUT2D eigenvalue weighted by atomic mass is 9.47. The van der Waals surface area contributed by atoms with E-state index >= 15 is 0 Å². The van der Waals surface area contributed by atoms with E-state index in [0.717, 1.165) is 55.3 Å². The van der Waals surface area contributed by atoms with Crippen LogP contribution in [0.3, 0.4) is 0 Å². The van der Waals surface area contributed by atoms with Gasteiger partial charge >= 0.3 is 5.97 Å². The van der Waals surface area contributed by atoms with Crippen molar-refractivity contribution < 1.29 is 45.0 Å². The van der Waals surface area contributed by atoms with Crippen LogP contribution in [-0.4, -0.2) is 86.1 Å². The summed E-state index contributed by atoms with van der Waals surface area (Å²) in [6.07, 6.45) is 8.51. The van der Waals surface area contributed by atoms with E-state index < -0.39 is 43.1 Å². The van der Waals surface area contributed by atoms with Crippen molar-refractivity contribution in [1.29, 1.82) is 0 Å². The lowest BCUT2D eigenvalue weighted by molar-refractivity contribution is -0.174. The Morgan fingerprint density at radius 2 is 1.67 bits per heavy atom. The number of hydrogen-bond donors (Lipinski definition) is 6. The Kier molecular flexibility index (Phi) is 13.7. The molecule has 4 aliphatic rings. The predicted molar refractivity (Wildman–Crippen MR) is 172 cm³/mol. The second-order valence-corrected chi connectivity index (χ2v) is 15.6. The summed E-state index contributed by atoms with van der Waals surface area (Å²) >= 11 is 0. The van der Waals surface area contributed by atoms with Gasteiger partial charge in [-0.25, -0.2) is 4.79 Å². The fourth-order valence-corrected chi connectivity index (χ4v) is 9.61. The molecule has 45 heavy (non-hydrogen) atoms. The summed E-state index contributed by atoms with van der Waals surface area (Å²) in [4.78, 5) is 21.5. The molecule has 0 heterocycles. The normalized spacial score (nSPS) is 36.5. The van der Waals surface area contributed by atoms with Crippen molar-refractivity contribution in [2.24, 2.45) is 46.3 Å². The monoisotopic (exact) mass is 638 g/mol. The van der Waals surface area contributed by atoms with Crippen LogP contribution >= 0.6 is 0 Å². The quantitative estimate of drug-likeness (QED) is 0.106. The topological polar surface area (TPSA) is 165 Å². The number of aliphatic hydroxyl groups is 6. The second-order valence-electron chi connectivity index (χ2n) is 15.6. The Morgan fingerprint density at radius 1 is 0.978 bits per heavy atom. The summed E-state index contributed by atoms with van der Waals surface area (Å²) in [5, 5.41) is 55.2. The fourth-order valence-electron chi connectivity index (χ4n) is 9.61. The van der Waals surface area contributed by atoms with Crippen molar-refractivity contribution >= 4 is 12.3 Å². The summed E-state index contributed by atoms with van der Waals surface area (Å²) in [6, 6.07) is 0. The molecule has 0 aliphatic heterocycles. The first kappa shape index (κ1) is 38.1. The van der Waals surface area contributed by atoms with Gasteiger partial charge in [0.2, 0.25) is 0 Å². The first-order chi connectivity index (χ1) is 21.1. The standard InChI is InChI=1S/C27H46O.C9H16O8/c1-18(2)7-6-8-19(3)23-11-12-24-22-10-9-20-17-21(28)13-15-26(20,4)25(22)14-16-27(23,24)5;1-4(12)9(16)17-6(3-11)8(15)7(14)5(13)2-10/h9,18-19,21-25,28H,6-8,10-17H2,1-5H3;3-8,10,12-15H,2H2,1H3/t19-,21+,22+,23-,24+,25+,26+,27-;4?,5-,6+,7-,8-/m11/s1. The van der Waals surface area contributed by atoms with Crippen molar-refractivity contribution in [1.82, 2.24) is 0 Å². The molecule has 4 rings (SSSR count). The first-order valence-electron chi connectivity index (χ1n) is 17.5. The molecule has 0 bridgehead atoms. The molecule has 9 heteroatoms. The zero-order valence-electron chi connectivity index (χ0n) is 28.5. The number of carbonyl (C=O) groups is 2. The Bertz CT molecular complexity index is 997. The van der Waals surface area contributed by atoms with Gasteiger partial charge in [-0.05, 0) is 105 Å². The molecule has 0 aromatic carbocycles. The van der Waals surface area contributed by atoms with Crippen LogP contribution in [0.5, 0.6) is 0 Å². The molecule has 0 radical (unpaired) electrons. The average Bonchev–Trinajstić information content (AvgIpc) is 3.36. The van der Waals surface area contributed by atoms with Gasteiger partial charge in [0, 0.05) is 0 Å². The van der Waals surface area contributed by atoms with Gasteiger partial charge in [0.15, 0.2) is 12.4 Å². The third-order valence-corrected chi connectivity index (χ3v) is 12.3. The average molecular weight is 639 g/mol. The number of hydrogen-bond acceptors (Lipinski definition) is 9. The summed E-state index contributed by atoms with van der Waals surface area (Å²) in [7, 11) is 0. The van der Waals surface area contributed by atoms with Crippen molar-refractivity contribution in [3.8, 4) is 0 Å². The molecule has 260 valence electrons. The number of fused-ring (bicyclic) bond motifs is 5. The highest BCUT2D eigenvalue weighted by molar-refractivity contribution is 5.76. The van der Waals surface area contributed by atoms with Crippen molar-refractivity contribution in [3.05, 3.63) is 11.6 Å². The van der Waals surface area contributed by atoms with E-state index in [1.54, 1.807) is 5.57 Å². The third-order valence-electron chi connectivity index (χ3n) is 12.3. The fraction of sp³-hybridized carbons (Fsp3) is 0.889. The minimum absolute atomic E-state index is 0.0399. The van der Waals surface area contributed by atoms with Crippen molar-refractivity contribution in [2.75, 3.05) is 6.61 Å². The minimum atomic E-state index is -1.91. The molecule has 3 saturated carbocycles. The minimum Gasteiger partial charge on any atom is -0.450 e. The molecule has 6 N–H and O–H groups in total. The van der Waals surface area contributed by atoms with Gasteiger partial charge < -0.3 is 35.4 Å². The zero-order chi connectivity index (χ0) is 33.7. The summed E-state index contributed by atoms with van der Waals surface area (Å²) in [6.45, 7) is 12.8. The first-order valence-corrected chi connectivity index (χ1v) is 17.5. The van der Waals surface area contributed by atoms with Gasteiger partial charge in [-0.1, -0.05) is 65.5 Å². The van der Waals surface area contributed by atoms with Crippen LogP contribution in [0.25, 0.3) is 0 Å². The van der Waals surface area contributed by atoms with E-state index in [1.165, 1.54) is 57.8 Å². The SMILES string of the molecule is CC(C)CCC[C@@H](C)[C@H]1CC[C@H]2[C@@H]3CC=C4C[C@@H](O)CC[C@]4(C)[C@H]3CC[C@]12C.CC(O)C(=O)O[C@@H](C=O)[C@@H](O)[C@H](O)[C@H](O)CO. The van der Waals surface area contributed by atoms with Gasteiger partial charge in [-0.15, -0.1) is 0 Å². The highest BCUT2D eigenvalue weighted by Crippen LogP contribution is 2.67. The van der Waals surface area contributed by atoms with E-state index in [1.807, 2.05) is 0 Å². The van der Waals surface area contributed by atoms with Gasteiger partial charge in [0.05, 0.1) is 12.7 Å². The molecule has 3 fully saturated rings. The number of carbonyl (C=O) groups excluding carboxylic acids is 2. The van der Waals surface area contributed by atoms with Crippen LogP contribution in [0.15, 0.2) is 11.6 Å². The summed E-state index contributed by atoms with van der Waals surface area (Å²) < 4.78 is 4.38. The van der Waals surface area contributed by atoms with Crippen LogP contribution in [0, 0.1) is 46.3 Å². The predicted octanol–water partition coefficient (Wildman–Crippen LogP) is 3.94. The molecule has 4 aliphatic carbocycles. The van der Waals surface area contributed by atoms with E-state index in [4.69, 9.17) is 15.3 Å². The van der Waals surface area contributed by atoms with Crippen LogP contribution < -0.4 is 0 Å². The molecule has 0 aromatic heterocycles. The van der Waals surface area contributed by atoms with Crippen LogP contribution in [0.4, 0.5) is 0 Å². The Morgan fingerprint density at radius 3 is 2.27 bits per heavy atom. The molecular formula is C36H62O9.